The minimum absolute atomic E-state index is 0.0195. The average molecular weight is 292 g/mol. The third-order valence-corrected chi connectivity index (χ3v) is 5.16. The number of hydrogen-bond acceptors (Lipinski definition) is 3. The zero-order valence-electron chi connectivity index (χ0n) is 12.8. The first-order valence-electron chi connectivity index (χ1n) is 8.16. The molecule has 2 aliphatic rings. The lowest BCUT2D eigenvalue weighted by Gasteiger charge is -2.45. The summed E-state index contributed by atoms with van der Waals surface area (Å²) in [6, 6.07) is 3.13. The highest BCUT2D eigenvalue weighted by atomic mass is 19.1. The number of hydrogen-bond donors (Lipinski definition) is 1. The van der Waals surface area contributed by atoms with Crippen LogP contribution in [0.1, 0.15) is 56.7 Å². The van der Waals surface area contributed by atoms with E-state index in [-0.39, 0.29) is 17.5 Å². The molecule has 1 N–H and O–H groups in total. The standard InChI is InChI=1S/C17H25FN2O/c1-19-15(16-14(18)6-5-10-20-16)13-7-11-21-17(12-13)8-3-2-4-9-17/h5-6,10,13,15,19H,2-4,7-9,11-12H2,1H3. The minimum atomic E-state index is -0.207. The fraction of sp³-hybridized carbons (Fsp3) is 0.706. The van der Waals surface area contributed by atoms with Crippen LogP contribution in [0.15, 0.2) is 18.3 Å². The quantitative estimate of drug-likeness (QED) is 0.924. The molecule has 0 aromatic carbocycles. The van der Waals surface area contributed by atoms with Gasteiger partial charge in [-0.1, -0.05) is 19.3 Å². The second-order valence-corrected chi connectivity index (χ2v) is 6.48. The number of halogens is 1. The highest BCUT2D eigenvalue weighted by Crippen LogP contribution is 2.44. The van der Waals surface area contributed by atoms with Crippen molar-refractivity contribution in [1.82, 2.24) is 10.3 Å². The van der Waals surface area contributed by atoms with Gasteiger partial charge in [-0.2, -0.15) is 0 Å². The third kappa shape index (κ3) is 3.11. The van der Waals surface area contributed by atoms with E-state index < -0.39 is 0 Å². The second kappa shape index (κ2) is 6.41. The zero-order valence-corrected chi connectivity index (χ0v) is 12.8. The maximum atomic E-state index is 14.1. The predicted molar refractivity (Wildman–Crippen MR) is 80.5 cm³/mol. The van der Waals surface area contributed by atoms with Crippen molar-refractivity contribution in [3.05, 3.63) is 29.8 Å². The smallest absolute Gasteiger partial charge is 0.146 e. The summed E-state index contributed by atoms with van der Waals surface area (Å²) in [5, 5.41) is 3.29. The van der Waals surface area contributed by atoms with Gasteiger partial charge in [0.15, 0.2) is 0 Å². The Morgan fingerprint density at radius 1 is 1.38 bits per heavy atom. The van der Waals surface area contributed by atoms with Gasteiger partial charge in [0.1, 0.15) is 5.82 Å². The molecule has 2 fully saturated rings. The van der Waals surface area contributed by atoms with Gasteiger partial charge in [0, 0.05) is 12.8 Å². The number of pyridine rings is 1. The van der Waals surface area contributed by atoms with Gasteiger partial charge in [-0.05, 0) is 50.8 Å². The van der Waals surface area contributed by atoms with Gasteiger partial charge >= 0.3 is 0 Å². The molecule has 116 valence electrons. The van der Waals surface area contributed by atoms with Crippen LogP contribution in [-0.4, -0.2) is 24.2 Å². The van der Waals surface area contributed by atoms with E-state index in [9.17, 15) is 4.39 Å². The zero-order chi connectivity index (χ0) is 14.7. The molecule has 1 saturated carbocycles. The summed E-state index contributed by atoms with van der Waals surface area (Å²) in [6.45, 7) is 0.789. The molecular weight excluding hydrogens is 267 g/mol. The van der Waals surface area contributed by atoms with Crippen LogP contribution in [-0.2, 0) is 4.74 Å². The van der Waals surface area contributed by atoms with E-state index in [0.29, 0.717) is 11.6 Å². The Hall–Kier alpha value is -1.00. The number of nitrogens with zero attached hydrogens (tertiary/aromatic N) is 1. The molecule has 0 amide bonds. The Balaban J connectivity index is 1.79. The van der Waals surface area contributed by atoms with Crippen LogP contribution >= 0.6 is 0 Å². The Kier molecular flexibility index (Phi) is 4.55. The van der Waals surface area contributed by atoms with Gasteiger partial charge in [-0.25, -0.2) is 4.39 Å². The Bertz CT molecular complexity index is 468. The molecule has 4 heteroatoms. The fourth-order valence-corrected chi connectivity index (χ4v) is 4.12. The molecule has 2 unspecified atom stereocenters. The summed E-state index contributed by atoms with van der Waals surface area (Å²) in [6.07, 6.45) is 9.83. The second-order valence-electron chi connectivity index (χ2n) is 6.48. The Morgan fingerprint density at radius 3 is 2.90 bits per heavy atom. The molecule has 2 heterocycles. The molecule has 1 spiro atoms. The first-order chi connectivity index (χ1) is 10.2. The van der Waals surface area contributed by atoms with Crippen LogP contribution in [0.4, 0.5) is 4.39 Å². The van der Waals surface area contributed by atoms with Gasteiger partial charge in [-0.3, -0.25) is 4.98 Å². The summed E-state index contributed by atoms with van der Waals surface area (Å²) < 4.78 is 20.2. The molecular formula is C17H25FN2O. The van der Waals surface area contributed by atoms with Gasteiger partial charge in [-0.15, -0.1) is 0 Å². The van der Waals surface area contributed by atoms with Crippen LogP contribution in [0.2, 0.25) is 0 Å². The number of rotatable bonds is 3. The van der Waals surface area contributed by atoms with Crippen LogP contribution in [0, 0.1) is 11.7 Å². The molecule has 1 aliphatic heterocycles. The molecule has 21 heavy (non-hydrogen) atoms. The lowest BCUT2D eigenvalue weighted by molar-refractivity contribution is -0.122. The normalized spacial score (nSPS) is 26.7. The van der Waals surface area contributed by atoms with E-state index in [1.807, 2.05) is 7.05 Å². The molecule has 1 saturated heterocycles. The van der Waals surface area contributed by atoms with Crippen molar-refractivity contribution in [3.63, 3.8) is 0 Å². The average Bonchev–Trinajstić information content (AvgIpc) is 2.51. The highest BCUT2D eigenvalue weighted by molar-refractivity contribution is 5.13. The fourth-order valence-electron chi connectivity index (χ4n) is 4.12. The minimum Gasteiger partial charge on any atom is -0.375 e. The Labute approximate surface area is 126 Å². The van der Waals surface area contributed by atoms with Crippen molar-refractivity contribution < 1.29 is 9.13 Å². The van der Waals surface area contributed by atoms with Gasteiger partial charge in [0.05, 0.1) is 17.3 Å². The largest absolute Gasteiger partial charge is 0.375 e. The van der Waals surface area contributed by atoms with Crippen molar-refractivity contribution in [2.45, 2.75) is 56.6 Å². The molecule has 3 rings (SSSR count). The maximum Gasteiger partial charge on any atom is 0.146 e. The van der Waals surface area contributed by atoms with Gasteiger partial charge < -0.3 is 10.1 Å². The molecule has 2 atom stereocenters. The number of ether oxygens (including phenoxy) is 1. The van der Waals surface area contributed by atoms with Crippen LogP contribution in [0.25, 0.3) is 0 Å². The number of nitrogens with one attached hydrogen (secondary N) is 1. The molecule has 1 aromatic heterocycles. The maximum absolute atomic E-state index is 14.1. The molecule has 0 radical (unpaired) electrons. The van der Waals surface area contributed by atoms with Crippen molar-refractivity contribution in [2.75, 3.05) is 13.7 Å². The van der Waals surface area contributed by atoms with Gasteiger partial charge in [0.2, 0.25) is 0 Å². The lowest BCUT2D eigenvalue weighted by Crippen LogP contribution is -2.44. The van der Waals surface area contributed by atoms with Crippen LogP contribution in [0.5, 0.6) is 0 Å². The first kappa shape index (κ1) is 14.9. The summed E-state index contributed by atoms with van der Waals surface area (Å²) in [4.78, 5) is 4.28. The SMILES string of the molecule is CNC(c1ncccc1F)C1CCOC2(CCCCC2)C1. The van der Waals surface area contributed by atoms with E-state index >= 15 is 0 Å². The third-order valence-electron chi connectivity index (χ3n) is 5.16. The summed E-state index contributed by atoms with van der Waals surface area (Å²) in [5.74, 6) is 0.187. The highest BCUT2D eigenvalue weighted by Gasteiger charge is 2.41. The van der Waals surface area contributed by atoms with Crippen LogP contribution in [0.3, 0.4) is 0 Å². The first-order valence-corrected chi connectivity index (χ1v) is 8.16. The molecule has 1 aromatic rings. The molecule has 1 aliphatic carbocycles. The van der Waals surface area contributed by atoms with E-state index in [0.717, 1.165) is 32.3 Å². The van der Waals surface area contributed by atoms with Crippen molar-refractivity contribution >= 4 is 0 Å². The summed E-state index contributed by atoms with van der Waals surface area (Å²) >= 11 is 0. The Morgan fingerprint density at radius 2 is 2.19 bits per heavy atom. The lowest BCUT2D eigenvalue weighted by atomic mass is 9.73. The van der Waals surface area contributed by atoms with E-state index in [4.69, 9.17) is 4.74 Å². The van der Waals surface area contributed by atoms with Crippen LogP contribution < -0.4 is 5.32 Å². The summed E-state index contributed by atoms with van der Waals surface area (Å²) in [5.41, 5.74) is 0.597. The van der Waals surface area contributed by atoms with E-state index in [1.54, 1.807) is 12.3 Å². The molecule has 0 bridgehead atoms. The molecule has 3 nitrogen and oxygen atoms in total. The van der Waals surface area contributed by atoms with E-state index in [1.165, 1.54) is 25.3 Å². The van der Waals surface area contributed by atoms with Crippen molar-refractivity contribution in [3.8, 4) is 0 Å². The predicted octanol–water partition coefficient (Wildman–Crippen LogP) is 3.61. The van der Waals surface area contributed by atoms with Crippen molar-refractivity contribution in [2.24, 2.45) is 5.92 Å². The monoisotopic (exact) mass is 292 g/mol. The van der Waals surface area contributed by atoms with Crippen molar-refractivity contribution in [1.29, 1.82) is 0 Å². The van der Waals surface area contributed by atoms with E-state index in [2.05, 4.69) is 10.3 Å². The topological polar surface area (TPSA) is 34.2 Å². The van der Waals surface area contributed by atoms with Gasteiger partial charge in [0.25, 0.3) is 0 Å². The number of aromatic nitrogens is 1. The summed E-state index contributed by atoms with van der Waals surface area (Å²) in [7, 11) is 1.90.